The van der Waals surface area contributed by atoms with Gasteiger partial charge in [-0.3, -0.25) is 4.62 Å². The molecule has 0 spiro atoms. The van der Waals surface area contributed by atoms with Crippen LogP contribution >= 0.6 is 9.47 Å². The summed E-state index contributed by atoms with van der Waals surface area (Å²) >= 11 is 0. The lowest BCUT2D eigenvalue weighted by Crippen LogP contribution is -2.47. The molecular weight excluding hydrogens is 199 g/mol. The maximum atomic E-state index is 11.8. The van der Waals surface area contributed by atoms with Crippen molar-refractivity contribution in [3.05, 3.63) is 0 Å². The summed E-state index contributed by atoms with van der Waals surface area (Å²) in [6.45, 7) is 7.31. The van der Waals surface area contributed by atoms with Crippen molar-refractivity contribution in [1.29, 1.82) is 0 Å². The summed E-state index contributed by atoms with van der Waals surface area (Å²) in [5.41, 5.74) is 0. The number of hydroxylamine groups is 2. The van der Waals surface area contributed by atoms with Crippen LogP contribution in [-0.2, 0) is 4.62 Å². The van der Waals surface area contributed by atoms with E-state index in [1.165, 1.54) is 5.06 Å². The molecule has 2 rings (SSSR count). The maximum absolute atomic E-state index is 11.8. The number of nitrogens with zero attached hydrogens (tertiary/aromatic N) is 2. The first-order valence-electron chi connectivity index (χ1n) is 5.04. The van der Waals surface area contributed by atoms with Crippen LogP contribution in [0.3, 0.4) is 0 Å². The third-order valence-electron chi connectivity index (χ3n) is 3.92. The molecule has 0 aliphatic carbocycles. The van der Waals surface area contributed by atoms with Crippen molar-refractivity contribution < 1.29 is 9.42 Å². The van der Waals surface area contributed by atoms with E-state index in [9.17, 15) is 4.79 Å². The fraction of sp³-hybridized carbons (Fsp3) is 0.889. The molecule has 2 amide bonds. The molecule has 2 aliphatic rings. The van der Waals surface area contributed by atoms with Gasteiger partial charge in [-0.2, -0.15) is 5.06 Å². The minimum absolute atomic E-state index is 0.00806. The molecule has 5 unspecified atom stereocenters. The highest BCUT2D eigenvalue weighted by Crippen LogP contribution is 2.37. The lowest BCUT2D eigenvalue weighted by atomic mass is 9.81. The molecule has 0 saturated carbocycles. The van der Waals surface area contributed by atoms with Gasteiger partial charge in [0.25, 0.3) is 0 Å². The fourth-order valence-electron chi connectivity index (χ4n) is 2.54. The van der Waals surface area contributed by atoms with Crippen molar-refractivity contribution in [2.45, 2.75) is 32.9 Å². The van der Waals surface area contributed by atoms with Gasteiger partial charge in [0.1, 0.15) is 0 Å². The van der Waals surface area contributed by atoms with Crippen molar-refractivity contribution >= 4 is 15.5 Å². The molecule has 14 heavy (non-hydrogen) atoms. The van der Waals surface area contributed by atoms with E-state index < -0.39 is 0 Å². The first-order chi connectivity index (χ1) is 6.57. The molecule has 2 aliphatic heterocycles. The lowest BCUT2D eigenvalue weighted by Gasteiger charge is -2.38. The van der Waals surface area contributed by atoms with E-state index >= 15 is 0 Å². The molecule has 2 saturated heterocycles. The molecule has 80 valence electrons. The molecule has 0 aromatic rings. The van der Waals surface area contributed by atoms with Gasteiger partial charge >= 0.3 is 6.03 Å². The Hall–Kier alpha value is -0.340. The Morgan fingerprint density at radius 3 is 2.57 bits per heavy atom. The van der Waals surface area contributed by atoms with E-state index in [2.05, 4.69) is 30.2 Å². The van der Waals surface area contributed by atoms with E-state index in [1.54, 1.807) is 0 Å². The van der Waals surface area contributed by atoms with E-state index in [1.807, 2.05) is 4.90 Å². The Bertz CT molecular complexity index is 257. The Labute approximate surface area is 86.8 Å². The average molecular weight is 216 g/mol. The van der Waals surface area contributed by atoms with Crippen molar-refractivity contribution in [3.63, 3.8) is 0 Å². The van der Waals surface area contributed by atoms with Crippen LogP contribution in [-0.4, -0.2) is 34.6 Å². The number of hydrogen-bond donors (Lipinski definition) is 0. The van der Waals surface area contributed by atoms with E-state index in [0.29, 0.717) is 17.9 Å². The highest BCUT2D eigenvalue weighted by molar-refractivity contribution is 7.09. The van der Waals surface area contributed by atoms with E-state index in [0.717, 1.165) is 6.54 Å². The van der Waals surface area contributed by atoms with Gasteiger partial charge in [0.2, 0.25) is 0 Å². The molecule has 2 fully saturated rings. The van der Waals surface area contributed by atoms with Gasteiger partial charge in [0.05, 0.1) is 6.04 Å². The number of carbonyl (C=O) groups is 1. The minimum atomic E-state index is 0.00806. The van der Waals surface area contributed by atoms with Gasteiger partial charge in [0.15, 0.2) is 0 Å². The molecule has 0 aromatic carbocycles. The van der Waals surface area contributed by atoms with Crippen LogP contribution in [0.15, 0.2) is 0 Å². The Morgan fingerprint density at radius 1 is 1.36 bits per heavy atom. The summed E-state index contributed by atoms with van der Waals surface area (Å²) in [6, 6.07) is 0.541. The van der Waals surface area contributed by atoms with Crippen LogP contribution < -0.4 is 0 Å². The number of carbonyl (C=O) groups excluding carboxylic acids is 1. The fourth-order valence-corrected chi connectivity index (χ4v) is 2.79. The monoisotopic (exact) mass is 216 g/mol. The summed E-state index contributed by atoms with van der Waals surface area (Å²) in [5.74, 6) is 1.02. The second kappa shape index (κ2) is 3.35. The number of piperidine rings is 1. The Kier molecular flexibility index (Phi) is 2.44. The largest absolute Gasteiger partial charge is 0.344 e. The highest BCUT2D eigenvalue weighted by Gasteiger charge is 2.50. The SMILES string of the molecule is CC1C(C)C2CN(C(=O)N2OP)C1C. The summed E-state index contributed by atoms with van der Waals surface area (Å²) in [7, 11) is 2.16. The summed E-state index contributed by atoms with van der Waals surface area (Å²) in [4.78, 5) is 13.7. The third kappa shape index (κ3) is 1.17. The second-order valence-corrected chi connectivity index (χ2v) is 4.60. The minimum Gasteiger partial charge on any atom is -0.318 e. The second-order valence-electron chi connectivity index (χ2n) is 4.39. The van der Waals surface area contributed by atoms with Gasteiger partial charge in [-0.15, -0.1) is 0 Å². The van der Waals surface area contributed by atoms with E-state index in [-0.39, 0.29) is 12.1 Å². The molecule has 5 atom stereocenters. The van der Waals surface area contributed by atoms with Gasteiger partial charge in [0, 0.05) is 22.1 Å². The molecule has 5 heteroatoms. The van der Waals surface area contributed by atoms with Crippen LogP contribution in [0.1, 0.15) is 20.8 Å². The number of rotatable bonds is 1. The Morgan fingerprint density at radius 2 is 2.00 bits per heavy atom. The van der Waals surface area contributed by atoms with Gasteiger partial charge in [-0.05, 0) is 18.8 Å². The zero-order valence-corrected chi connectivity index (χ0v) is 9.96. The molecule has 2 heterocycles. The zero-order valence-electron chi connectivity index (χ0n) is 8.80. The predicted molar refractivity (Wildman–Crippen MR) is 56.3 cm³/mol. The van der Waals surface area contributed by atoms with Crippen LogP contribution in [0.2, 0.25) is 0 Å². The van der Waals surface area contributed by atoms with Crippen LogP contribution in [0, 0.1) is 11.8 Å². The topological polar surface area (TPSA) is 32.8 Å². The molecule has 0 aromatic heterocycles. The van der Waals surface area contributed by atoms with Crippen LogP contribution in [0.25, 0.3) is 0 Å². The van der Waals surface area contributed by atoms with Crippen LogP contribution in [0.5, 0.6) is 0 Å². The van der Waals surface area contributed by atoms with Crippen LogP contribution in [0.4, 0.5) is 4.79 Å². The normalized spacial score (nSPS) is 42.1. The maximum Gasteiger partial charge on any atom is 0.344 e. The summed E-state index contributed by atoms with van der Waals surface area (Å²) in [5, 5.41) is 1.50. The first kappa shape index (κ1) is 10.2. The van der Waals surface area contributed by atoms with Gasteiger partial charge in [-0.25, -0.2) is 4.79 Å². The molecular formula is C9H17N2O2P. The third-order valence-corrected chi connectivity index (χ3v) is 4.15. The standard InChI is InChI=1S/C9H17N2O2P/c1-5-6(2)8-4-10(7(5)3)9(12)11(8)13-14/h5-8H,4,14H2,1-3H3. The molecule has 0 radical (unpaired) electrons. The number of amides is 2. The van der Waals surface area contributed by atoms with Crippen molar-refractivity contribution in [3.8, 4) is 0 Å². The summed E-state index contributed by atoms with van der Waals surface area (Å²) < 4.78 is 5.06. The lowest BCUT2D eigenvalue weighted by molar-refractivity contribution is -0.0319. The highest BCUT2D eigenvalue weighted by atomic mass is 31.0. The smallest absolute Gasteiger partial charge is 0.318 e. The molecule has 2 bridgehead atoms. The number of urea groups is 1. The molecule has 0 N–H and O–H groups in total. The average Bonchev–Trinajstić information content (AvgIpc) is 2.48. The van der Waals surface area contributed by atoms with E-state index in [4.69, 9.17) is 4.62 Å². The number of hydrogen-bond acceptors (Lipinski definition) is 2. The first-order valence-corrected chi connectivity index (χ1v) is 5.51. The van der Waals surface area contributed by atoms with Gasteiger partial charge < -0.3 is 4.90 Å². The zero-order chi connectivity index (χ0) is 10.5. The Balaban J connectivity index is 2.29. The quantitative estimate of drug-likeness (QED) is 0.622. The van der Waals surface area contributed by atoms with Gasteiger partial charge in [-0.1, -0.05) is 13.8 Å². The van der Waals surface area contributed by atoms with Crippen molar-refractivity contribution in [2.24, 2.45) is 11.8 Å². The predicted octanol–water partition coefficient (Wildman–Crippen LogP) is 1.49. The molecule has 4 nitrogen and oxygen atoms in total. The number of fused-ring (bicyclic) bond motifs is 2. The summed E-state index contributed by atoms with van der Waals surface area (Å²) in [6.07, 6.45) is 0. The van der Waals surface area contributed by atoms with Crippen molar-refractivity contribution in [1.82, 2.24) is 9.96 Å². The van der Waals surface area contributed by atoms with Crippen molar-refractivity contribution in [2.75, 3.05) is 6.54 Å².